The largest absolute Gasteiger partial charge is 0.314 e. The van der Waals surface area contributed by atoms with Gasteiger partial charge >= 0.3 is 0 Å². The van der Waals surface area contributed by atoms with Gasteiger partial charge in [-0.25, -0.2) is 0 Å². The maximum atomic E-state index is 3.42. The lowest BCUT2D eigenvalue weighted by Gasteiger charge is -2.30. The maximum Gasteiger partial charge on any atom is 0.0331 e. The van der Waals surface area contributed by atoms with Crippen LogP contribution in [-0.2, 0) is 6.54 Å². The second-order valence-corrected chi connectivity index (χ2v) is 6.40. The summed E-state index contributed by atoms with van der Waals surface area (Å²) >= 11 is 1.89. The molecule has 1 saturated carbocycles. The Morgan fingerprint density at radius 3 is 2.83 bits per heavy atom. The average Bonchev–Trinajstić information content (AvgIpc) is 3.13. The Labute approximate surface area is 114 Å². The van der Waals surface area contributed by atoms with E-state index in [-0.39, 0.29) is 0 Å². The molecule has 3 nitrogen and oxygen atoms in total. The first-order valence-electron chi connectivity index (χ1n) is 7.11. The van der Waals surface area contributed by atoms with Crippen molar-refractivity contribution in [1.82, 2.24) is 15.1 Å². The molecule has 0 atom stereocenters. The van der Waals surface area contributed by atoms with Crippen molar-refractivity contribution in [3.63, 3.8) is 0 Å². The van der Waals surface area contributed by atoms with Crippen molar-refractivity contribution in [3.8, 4) is 0 Å². The molecule has 1 aromatic heterocycles. The minimum atomic E-state index is 0.870. The quantitative estimate of drug-likeness (QED) is 0.843. The van der Waals surface area contributed by atoms with E-state index in [1.54, 1.807) is 0 Å². The summed E-state index contributed by atoms with van der Waals surface area (Å²) in [4.78, 5) is 6.80. The Bertz CT molecular complexity index is 342. The highest BCUT2D eigenvalue weighted by molar-refractivity contribution is 7.09. The molecule has 2 fully saturated rings. The molecule has 3 rings (SSSR count). The number of piperazine rings is 1. The normalized spacial score (nSPS) is 21.6. The smallest absolute Gasteiger partial charge is 0.0331 e. The fraction of sp³-hybridized carbons (Fsp3) is 0.714. The van der Waals surface area contributed by atoms with E-state index in [4.69, 9.17) is 0 Å². The number of hydrogen-bond donors (Lipinski definition) is 1. The first kappa shape index (κ1) is 12.6. The third kappa shape index (κ3) is 3.54. The Hall–Kier alpha value is -0.420. The Kier molecular flexibility index (Phi) is 4.31. The van der Waals surface area contributed by atoms with Gasteiger partial charge in [0.05, 0.1) is 0 Å². The van der Waals surface area contributed by atoms with Crippen LogP contribution in [0.3, 0.4) is 0 Å². The molecule has 1 aliphatic heterocycles. The first-order valence-corrected chi connectivity index (χ1v) is 7.99. The molecule has 0 bridgehead atoms. The van der Waals surface area contributed by atoms with E-state index in [1.165, 1.54) is 43.9 Å². The second kappa shape index (κ2) is 6.15. The van der Waals surface area contributed by atoms with Gasteiger partial charge in [-0.05, 0) is 24.3 Å². The molecule has 2 heterocycles. The SMILES string of the molecule is c1csc(CN(CCN2CCNCC2)C2CC2)c1. The van der Waals surface area contributed by atoms with Gasteiger partial charge in [-0.1, -0.05) is 6.07 Å². The van der Waals surface area contributed by atoms with Crippen LogP contribution >= 0.6 is 11.3 Å². The van der Waals surface area contributed by atoms with Crippen molar-refractivity contribution >= 4 is 11.3 Å². The van der Waals surface area contributed by atoms with E-state index >= 15 is 0 Å². The fourth-order valence-electron chi connectivity index (χ4n) is 2.64. The van der Waals surface area contributed by atoms with Gasteiger partial charge in [0, 0.05) is 56.7 Å². The topological polar surface area (TPSA) is 18.5 Å². The summed E-state index contributed by atoms with van der Waals surface area (Å²) in [5.41, 5.74) is 0. The van der Waals surface area contributed by atoms with Gasteiger partial charge in [0.15, 0.2) is 0 Å². The van der Waals surface area contributed by atoms with Crippen LogP contribution in [0.4, 0.5) is 0 Å². The van der Waals surface area contributed by atoms with Gasteiger partial charge in [0.25, 0.3) is 0 Å². The Morgan fingerprint density at radius 2 is 2.17 bits per heavy atom. The lowest BCUT2D eigenvalue weighted by molar-refractivity contribution is 0.180. The van der Waals surface area contributed by atoms with Gasteiger partial charge in [0.1, 0.15) is 0 Å². The molecule has 0 unspecified atom stereocenters. The Balaban J connectivity index is 1.47. The molecule has 1 aromatic rings. The number of nitrogens with one attached hydrogen (secondary N) is 1. The molecule has 0 amide bonds. The zero-order valence-corrected chi connectivity index (χ0v) is 11.8. The zero-order valence-electron chi connectivity index (χ0n) is 11.0. The van der Waals surface area contributed by atoms with Crippen molar-refractivity contribution in [2.24, 2.45) is 0 Å². The summed E-state index contributed by atoms with van der Waals surface area (Å²) in [6.45, 7) is 8.40. The summed E-state index contributed by atoms with van der Waals surface area (Å²) in [5.74, 6) is 0. The fourth-order valence-corrected chi connectivity index (χ4v) is 3.37. The molecular weight excluding hydrogens is 242 g/mol. The van der Waals surface area contributed by atoms with Gasteiger partial charge in [0.2, 0.25) is 0 Å². The summed E-state index contributed by atoms with van der Waals surface area (Å²) in [6, 6.07) is 5.31. The molecule has 100 valence electrons. The third-order valence-corrected chi connectivity index (χ3v) is 4.78. The lowest BCUT2D eigenvalue weighted by Crippen LogP contribution is -2.46. The monoisotopic (exact) mass is 265 g/mol. The van der Waals surface area contributed by atoms with E-state index in [0.29, 0.717) is 0 Å². The van der Waals surface area contributed by atoms with Crippen LogP contribution < -0.4 is 5.32 Å². The van der Waals surface area contributed by atoms with Crippen LogP contribution in [0.5, 0.6) is 0 Å². The molecule has 18 heavy (non-hydrogen) atoms. The van der Waals surface area contributed by atoms with Crippen LogP contribution in [-0.4, -0.2) is 55.1 Å². The molecular formula is C14H23N3S. The molecule has 4 heteroatoms. The summed E-state index contributed by atoms with van der Waals surface area (Å²) in [6.07, 6.45) is 2.82. The molecule has 1 saturated heterocycles. The standard InChI is InChI=1S/C14H23N3S/c1-2-14(18-11-1)12-17(13-3-4-13)10-9-16-7-5-15-6-8-16/h1-2,11,13,15H,3-10,12H2. The highest BCUT2D eigenvalue weighted by atomic mass is 32.1. The predicted octanol–water partition coefficient (Wildman–Crippen LogP) is 1.62. The number of hydrogen-bond acceptors (Lipinski definition) is 4. The van der Waals surface area contributed by atoms with Gasteiger partial charge in [-0.3, -0.25) is 9.80 Å². The molecule has 0 spiro atoms. The highest BCUT2D eigenvalue weighted by Gasteiger charge is 2.29. The van der Waals surface area contributed by atoms with Gasteiger partial charge in [-0.2, -0.15) is 0 Å². The second-order valence-electron chi connectivity index (χ2n) is 5.37. The van der Waals surface area contributed by atoms with E-state index in [1.807, 2.05) is 11.3 Å². The van der Waals surface area contributed by atoms with Crippen molar-refractivity contribution in [2.75, 3.05) is 39.3 Å². The van der Waals surface area contributed by atoms with Crippen LogP contribution in [0.15, 0.2) is 17.5 Å². The van der Waals surface area contributed by atoms with Crippen molar-refractivity contribution in [2.45, 2.75) is 25.4 Å². The lowest BCUT2D eigenvalue weighted by atomic mass is 10.3. The molecule has 0 radical (unpaired) electrons. The van der Waals surface area contributed by atoms with E-state index in [9.17, 15) is 0 Å². The molecule has 1 N–H and O–H groups in total. The van der Waals surface area contributed by atoms with E-state index in [0.717, 1.165) is 25.7 Å². The van der Waals surface area contributed by atoms with E-state index in [2.05, 4.69) is 32.6 Å². The minimum absolute atomic E-state index is 0.870. The average molecular weight is 265 g/mol. The van der Waals surface area contributed by atoms with Crippen molar-refractivity contribution in [3.05, 3.63) is 22.4 Å². The molecule has 0 aromatic carbocycles. The zero-order chi connectivity index (χ0) is 12.2. The maximum absolute atomic E-state index is 3.42. The number of thiophene rings is 1. The van der Waals surface area contributed by atoms with Crippen LogP contribution in [0, 0.1) is 0 Å². The van der Waals surface area contributed by atoms with Crippen molar-refractivity contribution in [1.29, 1.82) is 0 Å². The summed E-state index contributed by atoms with van der Waals surface area (Å²) in [7, 11) is 0. The summed E-state index contributed by atoms with van der Waals surface area (Å²) < 4.78 is 0. The van der Waals surface area contributed by atoms with Crippen molar-refractivity contribution < 1.29 is 0 Å². The number of nitrogens with zero attached hydrogens (tertiary/aromatic N) is 2. The van der Waals surface area contributed by atoms with Crippen LogP contribution in [0.1, 0.15) is 17.7 Å². The van der Waals surface area contributed by atoms with Crippen LogP contribution in [0.25, 0.3) is 0 Å². The van der Waals surface area contributed by atoms with Gasteiger partial charge in [-0.15, -0.1) is 11.3 Å². The minimum Gasteiger partial charge on any atom is -0.314 e. The molecule has 2 aliphatic rings. The third-order valence-electron chi connectivity index (χ3n) is 3.92. The highest BCUT2D eigenvalue weighted by Crippen LogP contribution is 2.28. The summed E-state index contributed by atoms with van der Waals surface area (Å²) in [5, 5.41) is 5.61. The predicted molar refractivity (Wildman–Crippen MR) is 77.1 cm³/mol. The molecule has 1 aliphatic carbocycles. The Morgan fingerprint density at radius 1 is 1.33 bits per heavy atom. The van der Waals surface area contributed by atoms with Gasteiger partial charge < -0.3 is 5.32 Å². The number of rotatable bonds is 6. The van der Waals surface area contributed by atoms with E-state index < -0.39 is 0 Å². The first-order chi connectivity index (χ1) is 8.92. The van der Waals surface area contributed by atoms with Crippen LogP contribution in [0.2, 0.25) is 0 Å².